The largest absolute Gasteiger partial charge is 0.336 e. The van der Waals surface area contributed by atoms with Gasteiger partial charge in [0, 0.05) is 25.6 Å². The first kappa shape index (κ1) is 13.8. The summed E-state index contributed by atoms with van der Waals surface area (Å²) in [6, 6.07) is 9.92. The Morgan fingerprint density at radius 2 is 1.91 bits per heavy atom. The SMILES string of the molecule is O=C1[C@H]2C[C@H](CCN2C(=O)C2CC2)CN1Cc1ccccc1. The van der Waals surface area contributed by atoms with Crippen LogP contribution >= 0.6 is 0 Å². The summed E-state index contributed by atoms with van der Waals surface area (Å²) in [4.78, 5) is 29.1. The number of nitrogens with zero attached hydrogens (tertiary/aromatic N) is 2. The molecule has 2 heterocycles. The van der Waals surface area contributed by atoms with Gasteiger partial charge in [-0.2, -0.15) is 0 Å². The predicted molar refractivity (Wildman–Crippen MR) is 82.8 cm³/mol. The summed E-state index contributed by atoms with van der Waals surface area (Å²) in [5.74, 6) is 1.12. The van der Waals surface area contributed by atoms with E-state index in [1.54, 1.807) is 0 Å². The highest BCUT2D eigenvalue weighted by molar-refractivity contribution is 5.90. The van der Waals surface area contributed by atoms with Gasteiger partial charge in [-0.05, 0) is 37.2 Å². The van der Waals surface area contributed by atoms with Crippen LogP contribution in [0.15, 0.2) is 30.3 Å². The minimum Gasteiger partial charge on any atom is -0.336 e. The highest BCUT2D eigenvalue weighted by Crippen LogP contribution is 2.36. The number of carbonyl (C=O) groups is 2. The quantitative estimate of drug-likeness (QED) is 0.857. The first-order chi connectivity index (χ1) is 10.7. The lowest BCUT2D eigenvalue weighted by molar-refractivity contribution is -0.155. The van der Waals surface area contributed by atoms with Crippen molar-refractivity contribution in [1.29, 1.82) is 0 Å². The molecule has 0 unspecified atom stereocenters. The van der Waals surface area contributed by atoms with E-state index >= 15 is 0 Å². The van der Waals surface area contributed by atoms with Gasteiger partial charge in [-0.25, -0.2) is 0 Å². The predicted octanol–water partition coefficient (Wildman–Crippen LogP) is 2.05. The van der Waals surface area contributed by atoms with Crippen molar-refractivity contribution in [1.82, 2.24) is 9.80 Å². The Hall–Kier alpha value is -1.84. The summed E-state index contributed by atoms with van der Waals surface area (Å²) < 4.78 is 0. The van der Waals surface area contributed by atoms with Crippen LogP contribution in [0.3, 0.4) is 0 Å². The average Bonchev–Trinajstić information content (AvgIpc) is 3.38. The molecular formula is C18H22N2O2. The van der Waals surface area contributed by atoms with Gasteiger partial charge in [0.05, 0.1) is 0 Å². The van der Waals surface area contributed by atoms with Gasteiger partial charge in [-0.15, -0.1) is 0 Å². The second-order valence-corrected chi connectivity index (χ2v) is 6.92. The minimum atomic E-state index is -0.204. The summed E-state index contributed by atoms with van der Waals surface area (Å²) in [7, 11) is 0. The Balaban J connectivity index is 1.51. The number of benzene rings is 1. The number of hydrogen-bond donors (Lipinski definition) is 0. The molecule has 1 aliphatic carbocycles. The van der Waals surface area contributed by atoms with Crippen molar-refractivity contribution in [2.75, 3.05) is 13.1 Å². The van der Waals surface area contributed by atoms with E-state index in [1.807, 2.05) is 28.0 Å². The minimum absolute atomic E-state index is 0.147. The molecule has 0 spiro atoms. The Labute approximate surface area is 131 Å². The third kappa shape index (κ3) is 2.51. The van der Waals surface area contributed by atoms with Crippen LogP contribution in [0, 0.1) is 11.8 Å². The molecule has 3 aliphatic rings. The lowest BCUT2D eigenvalue weighted by Gasteiger charge is -2.46. The van der Waals surface area contributed by atoms with Gasteiger partial charge in [0.1, 0.15) is 6.04 Å². The van der Waals surface area contributed by atoms with E-state index in [0.717, 1.165) is 44.3 Å². The lowest BCUT2D eigenvalue weighted by atomic mass is 9.85. The highest BCUT2D eigenvalue weighted by Gasteiger charge is 2.45. The van der Waals surface area contributed by atoms with Crippen molar-refractivity contribution >= 4 is 11.8 Å². The Kier molecular flexibility index (Phi) is 3.40. The molecule has 4 heteroatoms. The topological polar surface area (TPSA) is 40.6 Å². The Bertz CT molecular complexity index is 582. The number of likely N-dealkylation sites (tertiary alicyclic amines) is 2. The lowest BCUT2D eigenvalue weighted by Crippen LogP contribution is -2.60. The monoisotopic (exact) mass is 298 g/mol. The van der Waals surface area contributed by atoms with Crippen molar-refractivity contribution in [3.8, 4) is 0 Å². The molecule has 22 heavy (non-hydrogen) atoms. The summed E-state index contributed by atoms with van der Waals surface area (Å²) >= 11 is 0. The van der Waals surface area contributed by atoms with Crippen LogP contribution in [0.2, 0.25) is 0 Å². The maximum atomic E-state index is 12.8. The molecule has 2 saturated heterocycles. The molecule has 1 saturated carbocycles. The molecule has 1 aromatic carbocycles. The van der Waals surface area contributed by atoms with E-state index in [1.165, 1.54) is 0 Å². The molecule has 116 valence electrons. The van der Waals surface area contributed by atoms with Gasteiger partial charge >= 0.3 is 0 Å². The molecule has 3 fully saturated rings. The smallest absolute Gasteiger partial charge is 0.245 e. The van der Waals surface area contributed by atoms with Gasteiger partial charge < -0.3 is 9.80 Å². The van der Waals surface area contributed by atoms with Gasteiger partial charge in [-0.3, -0.25) is 9.59 Å². The number of carbonyl (C=O) groups excluding carboxylic acids is 2. The third-order valence-corrected chi connectivity index (χ3v) is 5.21. The van der Waals surface area contributed by atoms with Crippen LogP contribution in [-0.2, 0) is 16.1 Å². The van der Waals surface area contributed by atoms with Crippen molar-refractivity contribution in [3.05, 3.63) is 35.9 Å². The van der Waals surface area contributed by atoms with Gasteiger partial charge in [0.25, 0.3) is 0 Å². The first-order valence-corrected chi connectivity index (χ1v) is 8.35. The standard InChI is InChI=1S/C18H22N2O2/c21-17(15-6-7-15)20-9-8-14-10-16(20)18(22)19(12-14)11-13-4-2-1-3-5-13/h1-5,14-16H,6-12H2/t14-,16+/m0/s1. The first-order valence-electron chi connectivity index (χ1n) is 8.35. The zero-order valence-corrected chi connectivity index (χ0v) is 12.8. The van der Waals surface area contributed by atoms with Crippen molar-refractivity contribution < 1.29 is 9.59 Å². The number of piperidine rings is 2. The molecule has 1 aromatic rings. The van der Waals surface area contributed by atoms with Crippen LogP contribution < -0.4 is 0 Å². The maximum absolute atomic E-state index is 12.8. The molecular weight excluding hydrogens is 276 g/mol. The molecule has 4 nitrogen and oxygen atoms in total. The molecule has 2 amide bonds. The zero-order valence-electron chi connectivity index (χ0n) is 12.8. The Morgan fingerprint density at radius 3 is 2.64 bits per heavy atom. The van der Waals surface area contributed by atoms with Crippen LogP contribution in [-0.4, -0.2) is 40.7 Å². The maximum Gasteiger partial charge on any atom is 0.245 e. The molecule has 0 aromatic heterocycles. The van der Waals surface area contributed by atoms with Gasteiger partial charge in [0.15, 0.2) is 0 Å². The Morgan fingerprint density at radius 1 is 1.14 bits per heavy atom. The van der Waals surface area contributed by atoms with Gasteiger partial charge in [0.2, 0.25) is 11.8 Å². The van der Waals surface area contributed by atoms with Crippen molar-refractivity contribution in [3.63, 3.8) is 0 Å². The van der Waals surface area contributed by atoms with Crippen LogP contribution in [0.1, 0.15) is 31.2 Å². The van der Waals surface area contributed by atoms with E-state index in [2.05, 4.69) is 12.1 Å². The second-order valence-electron chi connectivity index (χ2n) is 6.92. The summed E-state index contributed by atoms with van der Waals surface area (Å²) in [5.41, 5.74) is 1.16. The summed E-state index contributed by atoms with van der Waals surface area (Å²) in [6.45, 7) is 2.28. The molecule has 4 rings (SSSR count). The molecule has 0 N–H and O–H groups in total. The molecule has 2 bridgehead atoms. The van der Waals surface area contributed by atoms with E-state index in [4.69, 9.17) is 0 Å². The van der Waals surface area contributed by atoms with Crippen LogP contribution in [0.4, 0.5) is 0 Å². The number of hydrogen-bond acceptors (Lipinski definition) is 2. The van der Waals surface area contributed by atoms with Crippen LogP contribution in [0.25, 0.3) is 0 Å². The molecule has 2 aliphatic heterocycles. The zero-order chi connectivity index (χ0) is 15.1. The van der Waals surface area contributed by atoms with Crippen molar-refractivity contribution in [2.24, 2.45) is 11.8 Å². The molecule has 2 atom stereocenters. The van der Waals surface area contributed by atoms with E-state index in [-0.39, 0.29) is 23.8 Å². The third-order valence-electron chi connectivity index (χ3n) is 5.21. The number of fused-ring (bicyclic) bond motifs is 2. The highest BCUT2D eigenvalue weighted by atomic mass is 16.2. The second kappa shape index (κ2) is 5.41. The number of rotatable bonds is 3. The van der Waals surface area contributed by atoms with E-state index < -0.39 is 0 Å². The average molecular weight is 298 g/mol. The van der Waals surface area contributed by atoms with E-state index in [0.29, 0.717) is 12.5 Å². The van der Waals surface area contributed by atoms with E-state index in [9.17, 15) is 9.59 Å². The normalized spacial score (nSPS) is 27.9. The fourth-order valence-corrected chi connectivity index (χ4v) is 3.83. The molecule has 0 radical (unpaired) electrons. The van der Waals surface area contributed by atoms with Crippen LogP contribution in [0.5, 0.6) is 0 Å². The number of amides is 2. The summed E-state index contributed by atoms with van der Waals surface area (Å²) in [6.07, 6.45) is 3.91. The fraction of sp³-hybridized carbons (Fsp3) is 0.556. The van der Waals surface area contributed by atoms with Gasteiger partial charge in [-0.1, -0.05) is 30.3 Å². The summed E-state index contributed by atoms with van der Waals surface area (Å²) in [5, 5.41) is 0. The fourth-order valence-electron chi connectivity index (χ4n) is 3.83. The van der Waals surface area contributed by atoms with Crippen molar-refractivity contribution in [2.45, 2.75) is 38.3 Å².